The first kappa shape index (κ1) is 9.93. The SMILES string of the molecule is COc1cccc2c(CN)nc(C)cc12. The van der Waals surface area contributed by atoms with E-state index in [9.17, 15) is 0 Å². The van der Waals surface area contributed by atoms with E-state index < -0.39 is 0 Å². The summed E-state index contributed by atoms with van der Waals surface area (Å²) >= 11 is 0. The lowest BCUT2D eigenvalue weighted by molar-refractivity contribution is 0.419. The third-order valence-corrected chi connectivity index (χ3v) is 2.45. The van der Waals surface area contributed by atoms with E-state index in [1.54, 1.807) is 7.11 Å². The molecule has 0 unspecified atom stereocenters. The predicted octanol–water partition coefficient (Wildman–Crippen LogP) is 2.01. The number of nitrogens with zero attached hydrogens (tertiary/aromatic N) is 1. The maximum atomic E-state index is 5.67. The molecule has 0 radical (unpaired) electrons. The summed E-state index contributed by atoms with van der Waals surface area (Å²) in [6.07, 6.45) is 0. The minimum atomic E-state index is 0.450. The molecule has 0 bridgehead atoms. The van der Waals surface area contributed by atoms with Gasteiger partial charge in [-0.25, -0.2) is 0 Å². The summed E-state index contributed by atoms with van der Waals surface area (Å²) in [7, 11) is 1.67. The van der Waals surface area contributed by atoms with Gasteiger partial charge in [0.15, 0.2) is 0 Å². The largest absolute Gasteiger partial charge is 0.496 e. The van der Waals surface area contributed by atoms with Crippen molar-refractivity contribution in [3.8, 4) is 5.75 Å². The zero-order chi connectivity index (χ0) is 10.8. The van der Waals surface area contributed by atoms with Crippen LogP contribution in [-0.4, -0.2) is 12.1 Å². The molecule has 1 heterocycles. The number of aromatic nitrogens is 1. The van der Waals surface area contributed by atoms with Crippen LogP contribution in [-0.2, 0) is 6.54 Å². The summed E-state index contributed by atoms with van der Waals surface area (Å²) in [4.78, 5) is 4.41. The third-order valence-electron chi connectivity index (χ3n) is 2.45. The normalized spacial score (nSPS) is 10.6. The molecule has 78 valence electrons. The zero-order valence-corrected chi connectivity index (χ0v) is 8.95. The zero-order valence-electron chi connectivity index (χ0n) is 8.95. The van der Waals surface area contributed by atoms with Crippen LogP contribution in [0.1, 0.15) is 11.4 Å². The Bertz CT molecular complexity index is 494. The fourth-order valence-electron chi connectivity index (χ4n) is 1.79. The topological polar surface area (TPSA) is 48.1 Å². The first-order valence-electron chi connectivity index (χ1n) is 4.89. The Labute approximate surface area is 88.9 Å². The van der Waals surface area contributed by atoms with E-state index in [1.807, 2.05) is 31.2 Å². The fraction of sp³-hybridized carbons (Fsp3) is 0.250. The van der Waals surface area contributed by atoms with Crippen molar-refractivity contribution in [1.29, 1.82) is 0 Å². The number of fused-ring (bicyclic) bond motifs is 1. The van der Waals surface area contributed by atoms with Gasteiger partial charge in [-0.05, 0) is 19.1 Å². The highest BCUT2D eigenvalue weighted by Crippen LogP contribution is 2.27. The Balaban J connectivity index is 2.82. The molecule has 0 aliphatic rings. The maximum absolute atomic E-state index is 5.67. The molecule has 0 amide bonds. The van der Waals surface area contributed by atoms with E-state index in [1.165, 1.54) is 0 Å². The van der Waals surface area contributed by atoms with E-state index >= 15 is 0 Å². The minimum Gasteiger partial charge on any atom is -0.496 e. The van der Waals surface area contributed by atoms with Gasteiger partial charge in [0, 0.05) is 23.0 Å². The standard InChI is InChI=1S/C12H14N2O/c1-8-6-10-9(11(7-13)14-8)4-3-5-12(10)15-2/h3-6H,7,13H2,1-2H3. The Hall–Kier alpha value is -1.61. The molecule has 0 fully saturated rings. The maximum Gasteiger partial charge on any atom is 0.126 e. The van der Waals surface area contributed by atoms with Crippen molar-refractivity contribution in [3.05, 3.63) is 35.7 Å². The molecule has 0 saturated carbocycles. The second-order valence-corrected chi connectivity index (χ2v) is 3.47. The van der Waals surface area contributed by atoms with Crippen molar-refractivity contribution in [2.75, 3.05) is 7.11 Å². The highest BCUT2D eigenvalue weighted by atomic mass is 16.5. The van der Waals surface area contributed by atoms with Crippen molar-refractivity contribution in [1.82, 2.24) is 4.98 Å². The van der Waals surface area contributed by atoms with Crippen LogP contribution in [0, 0.1) is 6.92 Å². The van der Waals surface area contributed by atoms with Gasteiger partial charge in [0.25, 0.3) is 0 Å². The molecular formula is C12H14N2O. The van der Waals surface area contributed by atoms with Gasteiger partial charge in [-0.1, -0.05) is 12.1 Å². The van der Waals surface area contributed by atoms with Gasteiger partial charge in [-0.2, -0.15) is 0 Å². The molecule has 0 atom stereocenters. The summed E-state index contributed by atoms with van der Waals surface area (Å²) in [5.74, 6) is 0.868. The third kappa shape index (κ3) is 1.66. The van der Waals surface area contributed by atoms with Crippen LogP contribution in [0.2, 0.25) is 0 Å². The number of ether oxygens (including phenoxy) is 1. The van der Waals surface area contributed by atoms with Crippen molar-refractivity contribution >= 4 is 10.8 Å². The number of benzene rings is 1. The second kappa shape index (κ2) is 3.87. The lowest BCUT2D eigenvalue weighted by Crippen LogP contribution is -2.02. The summed E-state index contributed by atoms with van der Waals surface area (Å²) in [5, 5.41) is 2.15. The van der Waals surface area contributed by atoms with Crippen LogP contribution in [0.4, 0.5) is 0 Å². The fourth-order valence-corrected chi connectivity index (χ4v) is 1.79. The molecule has 3 heteroatoms. The smallest absolute Gasteiger partial charge is 0.126 e. The van der Waals surface area contributed by atoms with Crippen LogP contribution in [0.25, 0.3) is 10.8 Å². The van der Waals surface area contributed by atoms with Gasteiger partial charge in [0.05, 0.1) is 12.8 Å². The molecule has 0 aliphatic carbocycles. The number of aryl methyl sites for hydroxylation is 1. The molecule has 2 aromatic rings. The number of hydrogen-bond donors (Lipinski definition) is 1. The first-order valence-corrected chi connectivity index (χ1v) is 4.89. The van der Waals surface area contributed by atoms with Crippen molar-refractivity contribution in [2.45, 2.75) is 13.5 Å². The average Bonchev–Trinajstić information content (AvgIpc) is 2.27. The van der Waals surface area contributed by atoms with E-state index in [0.29, 0.717) is 6.54 Å². The lowest BCUT2D eigenvalue weighted by Gasteiger charge is -2.09. The molecule has 2 N–H and O–H groups in total. The van der Waals surface area contributed by atoms with Gasteiger partial charge in [-0.3, -0.25) is 4.98 Å². The number of methoxy groups -OCH3 is 1. The van der Waals surface area contributed by atoms with E-state index in [-0.39, 0.29) is 0 Å². The Morgan fingerprint density at radius 1 is 1.33 bits per heavy atom. The monoisotopic (exact) mass is 202 g/mol. The molecule has 1 aromatic carbocycles. The van der Waals surface area contributed by atoms with Crippen LogP contribution in [0.3, 0.4) is 0 Å². The number of pyridine rings is 1. The van der Waals surface area contributed by atoms with Crippen LogP contribution in [0.5, 0.6) is 5.75 Å². The first-order chi connectivity index (χ1) is 7.26. The van der Waals surface area contributed by atoms with Crippen LogP contribution >= 0.6 is 0 Å². The highest BCUT2D eigenvalue weighted by molar-refractivity contribution is 5.90. The predicted molar refractivity (Wildman–Crippen MR) is 60.9 cm³/mol. The molecule has 1 aromatic heterocycles. The molecular weight excluding hydrogens is 188 g/mol. The average molecular weight is 202 g/mol. The quantitative estimate of drug-likeness (QED) is 0.810. The van der Waals surface area contributed by atoms with Gasteiger partial charge >= 0.3 is 0 Å². The highest BCUT2D eigenvalue weighted by Gasteiger charge is 2.06. The Morgan fingerprint density at radius 3 is 2.80 bits per heavy atom. The molecule has 2 rings (SSSR count). The van der Waals surface area contributed by atoms with Gasteiger partial charge in [0.1, 0.15) is 5.75 Å². The van der Waals surface area contributed by atoms with E-state index in [2.05, 4.69) is 4.98 Å². The summed E-state index contributed by atoms with van der Waals surface area (Å²) in [5.41, 5.74) is 7.56. The second-order valence-electron chi connectivity index (χ2n) is 3.47. The van der Waals surface area contributed by atoms with Gasteiger partial charge in [-0.15, -0.1) is 0 Å². The summed E-state index contributed by atoms with van der Waals surface area (Å²) in [6, 6.07) is 7.94. The van der Waals surface area contributed by atoms with Crippen LogP contribution in [0.15, 0.2) is 24.3 Å². The van der Waals surface area contributed by atoms with E-state index in [0.717, 1.165) is 27.9 Å². The van der Waals surface area contributed by atoms with Crippen LogP contribution < -0.4 is 10.5 Å². The van der Waals surface area contributed by atoms with E-state index in [4.69, 9.17) is 10.5 Å². The van der Waals surface area contributed by atoms with Gasteiger partial charge in [0.2, 0.25) is 0 Å². The Morgan fingerprint density at radius 2 is 2.13 bits per heavy atom. The molecule has 0 aliphatic heterocycles. The minimum absolute atomic E-state index is 0.450. The number of nitrogens with two attached hydrogens (primary N) is 1. The van der Waals surface area contributed by atoms with Crippen molar-refractivity contribution in [3.63, 3.8) is 0 Å². The molecule has 0 spiro atoms. The molecule has 15 heavy (non-hydrogen) atoms. The number of rotatable bonds is 2. The van der Waals surface area contributed by atoms with Gasteiger partial charge < -0.3 is 10.5 Å². The molecule has 3 nitrogen and oxygen atoms in total. The Kier molecular flexibility index (Phi) is 2.56. The summed E-state index contributed by atoms with van der Waals surface area (Å²) < 4.78 is 5.31. The lowest BCUT2D eigenvalue weighted by atomic mass is 10.1. The summed E-state index contributed by atoms with van der Waals surface area (Å²) in [6.45, 7) is 2.41. The van der Waals surface area contributed by atoms with Crippen molar-refractivity contribution < 1.29 is 4.74 Å². The molecule has 0 saturated heterocycles. The number of hydrogen-bond acceptors (Lipinski definition) is 3. The van der Waals surface area contributed by atoms with Crippen molar-refractivity contribution in [2.24, 2.45) is 5.73 Å².